The number of carbonyl (C=O) groups excluding carboxylic acids is 1. The van der Waals surface area contributed by atoms with E-state index in [9.17, 15) is 9.18 Å². The summed E-state index contributed by atoms with van der Waals surface area (Å²) in [5, 5.41) is 0.608. The molecule has 0 N–H and O–H groups in total. The number of hydrogen-bond acceptors (Lipinski definition) is 5. The van der Waals surface area contributed by atoms with Crippen molar-refractivity contribution in [3.05, 3.63) is 64.8 Å². The standard InChI is InChI=1S/C24H26FN3O2S/c1-2-30-15-14-28-23(29)22(31-24(28)26-19-8-4-3-5-9-19)17-18-10-11-21(20(25)16-18)27-12-6-7-13-27/h3-5,8-11,16-17H,2,6-7,12-15H2,1H3/b22-17-,26-24?. The number of carbonyl (C=O) groups is 1. The van der Waals surface area contributed by atoms with E-state index in [0.717, 1.165) is 31.6 Å². The lowest BCUT2D eigenvalue weighted by Crippen LogP contribution is -2.32. The number of para-hydroxylation sites is 1. The van der Waals surface area contributed by atoms with Crippen molar-refractivity contribution in [1.82, 2.24) is 4.90 Å². The molecule has 2 aromatic rings. The van der Waals surface area contributed by atoms with Crippen molar-refractivity contribution in [3.8, 4) is 0 Å². The molecule has 2 heterocycles. The summed E-state index contributed by atoms with van der Waals surface area (Å²) in [5.74, 6) is -0.388. The number of amidine groups is 1. The maximum Gasteiger partial charge on any atom is 0.266 e. The predicted molar refractivity (Wildman–Crippen MR) is 125 cm³/mol. The van der Waals surface area contributed by atoms with Gasteiger partial charge in [-0.15, -0.1) is 0 Å². The fraction of sp³-hybridized carbons (Fsp3) is 0.333. The molecule has 31 heavy (non-hydrogen) atoms. The van der Waals surface area contributed by atoms with E-state index in [4.69, 9.17) is 4.74 Å². The van der Waals surface area contributed by atoms with Crippen molar-refractivity contribution in [2.45, 2.75) is 19.8 Å². The zero-order valence-corrected chi connectivity index (χ0v) is 18.4. The number of halogens is 1. The van der Waals surface area contributed by atoms with Gasteiger partial charge in [0.05, 0.1) is 29.4 Å². The first-order valence-electron chi connectivity index (χ1n) is 10.6. The molecule has 0 saturated carbocycles. The van der Waals surface area contributed by atoms with Crippen LogP contribution in [-0.4, -0.2) is 48.8 Å². The van der Waals surface area contributed by atoms with E-state index < -0.39 is 0 Å². The fourth-order valence-electron chi connectivity index (χ4n) is 3.68. The summed E-state index contributed by atoms with van der Waals surface area (Å²) in [5.41, 5.74) is 2.08. The lowest BCUT2D eigenvalue weighted by molar-refractivity contribution is -0.122. The van der Waals surface area contributed by atoms with Gasteiger partial charge in [-0.05, 0) is 67.4 Å². The Kier molecular flexibility index (Phi) is 7.04. The van der Waals surface area contributed by atoms with Crippen LogP contribution in [0.3, 0.4) is 0 Å². The topological polar surface area (TPSA) is 45.1 Å². The molecule has 2 fully saturated rings. The van der Waals surface area contributed by atoms with Crippen LogP contribution in [0.4, 0.5) is 15.8 Å². The van der Waals surface area contributed by atoms with Crippen LogP contribution in [0.25, 0.3) is 6.08 Å². The molecule has 2 aliphatic heterocycles. The molecule has 2 saturated heterocycles. The second-order valence-electron chi connectivity index (χ2n) is 7.40. The summed E-state index contributed by atoms with van der Waals surface area (Å²) in [7, 11) is 0. The minimum atomic E-state index is -0.252. The smallest absolute Gasteiger partial charge is 0.266 e. The number of amides is 1. The molecule has 0 unspecified atom stereocenters. The SMILES string of the molecule is CCOCCN1C(=O)/C(=C/c2ccc(N3CCCC3)c(F)c2)SC1=Nc1ccccc1. The third-order valence-electron chi connectivity index (χ3n) is 5.25. The highest BCUT2D eigenvalue weighted by Gasteiger charge is 2.33. The van der Waals surface area contributed by atoms with Crippen molar-refractivity contribution < 1.29 is 13.9 Å². The van der Waals surface area contributed by atoms with E-state index in [1.807, 2.05) is 49.4 Å². The van der Waals surface area contributed by atoms with Crippen molar-refractivity contribution >= 4 is 40.3 Å². The van der Waals surface area contributed by atoms with Gasteiger partial charge in [0, 0.05) is 19.7 Å². The van der Waals surface area contributed by atoms with Gasteiger partial charge in [-0.3, -0.25) is 9.69 Å². The minimum Gasteiger partial charge on any atom is -0.380 e. The third-order valence-corrected chi connectivity index (χ3v) is 6.26. The third kappa shape index (κ3) is 5.17. The number of ether oxygens (including phenoxy) is 1. The van der Waals surface area contributed by atoms with Gasteiger partial charge in [0.1, 0.15) is 5.82 Å². The molecule has 5 nitrogen and oxygen atoms in total. The van der Waals surface area contributed by atoms with E-state index in [1.165, 1.54) is 17.8 Å². The number of nitrogens with zero attached hydrogens (tertiary/aromatic N) is 3. The maximum atomic E-state index is 14.7. The average Bonchev–Trinajstić information content (AvgIpc) is 3.39. The zero-order valence-electron chi connectivity index (χ0n) is 17.6. The van der Waals surface area contributed by atoms with Crippen LogP contribution in [0.5, 0.6) is 0 Å². The quantitative estimate of drug-likeness (QED) is 0.447. The van der Waals surface area contributed by atoms with E-state index in [1.54, 1.807) is 11.0 Å². The van der Waals surface area contributed by atoms with Gasteiger partial charge in [-0.2, -0.15) is 0 Å². The Morgan fingerprint density at radius 2 is 1.94 bits per heavy atom. The van der Waals surface area contributed by atoms with E-state index in [-0.39, 0.29) is 11.7 Å². The van der Waals surface area contributed by atoms with Crippen molar-refractivity contribution in [3.63, 3.8) is 0 Å². The Morgan fingerprint density at radius 3 is 2.65 bits per heavy atom. The Balaban J connectivity index is 1.58. The number of hydrogen-bond donors (Lipinski definition) is 0. The molecule has 2 aliphatic rings. The van der Waals surface area contributed by atoms with Crippen LogP contribution in [0, 0.1) is 5.82 Å². The Morgan fingerprint density at radius 1 is 1.16 bits per heavy atom. The molecular weight excluding hydrogens is 413 g/mol. The number of rotatable bonds is 7. The maximum absolute atomic E-state index is 14.7. The number of benzene rings is 2. The summed E-state index contributed by atoms with van der Waals surface area (Å²) in [6.07, 6.45) is 3.93. The highest BCUT2D eigenvalue weighted by molar-refractivity contribution is 8.18. The highest BCUT2D eigenvalue weighted by Crippen LogP contribution is 2.34. The van der Waals surface area contributed by atoms with Crippen molar-refractivity contribution in [2.24, 2.45) is 4.99 Å². The van der Waals surface area contributed by atoms with Crippen LogP contribution in [0.15, 0.2) is 58.4 Å². The van der Waals surface area contributed by atoms with Gasteiger partial charge in [-0.1, -0.05) is 24.3 Å². The van der Waals surface area contributed by atoms with Gasteiger partial charge in [-0.25, -0.2) is 9.38 Å². The zero-order chi connectivity index (χ0) is 21.6. The predicted octanol–water partition coefficient (Wildman–Crippen LogP) is 5.07. The Labute approximate surface area is 186 Å². The second kappa shape index (κ2) is 10.1. The molecule has 0 aromatic heterocycles. The first kappa shape index (κ1) is 21.6. The van der Waals surface area contributed by atoms with Crippen LogP contribution < -0.4 is 4.90 Å². The largest absolute Gasteiger partial charge is 0.380 e. The molecule has 162 valence electrons. The molecular formula is C24H26FN3O2S. The normalized spacial score (nSPS) is 19.2. The minimum absolute atomic E-state index is 0.136. The summed E-state index contributed by atoms with van der Waals surface area (Å²) in [6, 6.07) is 14.7. The average molecular weight is 440 g/mol. The Bertz CT molecular complexity index is 988. The van der Waals surface area contributed by atoms with Crippen LogP contribution in [0.1, 0.15) is 25.3 Å². The van der Waals surface area contributed by atoms with E-state index in [0.29, 0.717) is 41.1 Å². The number of anilines is 1. The lowest BCUT2D eigenvalue weighted by Gasteiger charge is -2.18. The fourth-order valence-corrected chi connectivity index (χ4v) is 4.71. The lowest BCUT2D eigenvalue weighted by atomic mass is 10.1. The van der Waals surface area contributed by atoms with Crippen LogP contribution in [-0.2, 0) is 9.53 Å². The molecule has 0 atom stereocenters. The van der Waals surface area contributed by atoms with Crippen LogP contribution >= 0.6 is 11.8 Å². The first-order valence-corrected chi connectivity index (χ1v) is 11.4. The van der Waals surface area contributed by atoms with Crippen molar-refractivity contribution in [1.29, 1.82) is 0 Å². The van der Waals surface area contributed by atoms with Crippen molar-refractivity contribution in [2.75, 3.05) is 37.7 Å². The molecule has 7 heteroatoms. The number of thioether (sulfide) groups is 1. The second-order valence-corrected chi connectivity index (χ2v) is 8.41. The summed E-state index contributed by atoms with van der Waals surface area (Å²) < 4.78 is 20.1. The number of aliphatic imine (C=N–C) groups is 1. The Hall–Kier alpha value is -2.64. The monoisotopic (exact) mass is 439 g/mol. The molecule has 4 rings (SSSR count). The van der Waals surface area contributed by atoms with Gasteiger partial charge >= 0.3 is 0 Å². The van der Waals surface area contributed by atoms with E-state index in [2.05, 4.69) is 9.89 Å². The van der Waals surface area contributed by atoms with Gasteiger partial charge < -0.3 is 9.64 Å². The molecule has 0 radical (unpaired) electrons. The molecule has 1 amide bonds. The van der Waals surface area contributed by atoms with Gasteiger partial charge in [0.2, 0.25) is 0 Å². The van der Waals surface area contributed by atoms with Crippen LogP contribution in [0.2, 0.25) is 0 Å². The first-order chi connectivity index (χ1) is 15.2. The highest BCUT2D eigenvalue weighted by atomic mass is 32.2. The van der Waals surface area contributed by atoms with Gasteiger partial charge in [0.25, 0.3) is 5.91 Å². The molecule has 0 spiro atoms. The molecule has 2 aromatic carbocycles. The summed E-state index contributed by atoms with van der Waals surface area (Å²) in [6.45, 7) is 5.14. The summed E-state index contributed by atoms with van der Waals surface area (Å²) in [4.78, 5) is 21.9. The van der Waals surface area contributed by atoms with Gasteiger partial charge in [0.15, 0.2) is 5.17 Å². The summed E-state index contributed by atoms with van der Waals surface area (Å²) >= 11 is 1.31. The molecule has 0 bridgehead atoms. The van der Waals surface area contributed by atoms with E-state index >= 15 is 0 Å². The molecule has 0 aliphatic carbocycles.